The summed E-state index contributed by atoms with van der Waals surface area (Å²) < 4.78 is 2.00. The molecule has 1 aliphatic carbocycles. The molecule has 1 unspecified atom stereocenters. The predicted molar refractivity (Wildman–Crippen MR) is 75.5 cm³/mol. The van der Waals surface area contributed by atoms with Crippen LogP contribution in [0.25, 0.3) is 0 Å². The van der Waals surface area contributed by atoms with E-state index in [2.05, 4.69) is 30.3 Å². The van der Waals surface area contributed by atoms with Crippen molar-refractivity contribution in [3.8, 4) is 6.07 Å². The van der Waals surface area contributed by atoms with Crippen LogP contribution in [0.15, 0.2) is 6.20 Å². The number of rotatable bonds is 5. The lowest BCUT2D eigenvalue weighted by Gasteiger charge is -2.30. The van der Waals surface area contributed by atoms with Crippen molar-refractivity contribution in [1.82, 2.24) is 15.1 Å². The Morgan fingerprint density at radius 1 is 1.58 bits per heavy atom. The molecule has 1 heterocycles. The molecular weight excluding hydrogens is 236 g/mol. The molecule has 0 saturated carbocycles. The maximum absolute atomic E-state index is 8.70. The molecule has 19 heavy (non-hydrogen) atoms. The average molecular weight is 260 g/mol. The topological polar surface area (TPSA) is 53.6 Å². The molecule has 1 aromatic heterocycles. The van der Waals surface area contributed by atoms with E-state index in [0.717, 1.165) is 19.4 Å². The smallest absolute Gasteiger partial charge is 0.0621 e. The number of hydrogen-bond donors (Lipinski definition) is 1. The summed E-state index contributed by atoms with van der Waals surface area (Å²) in [7, 11) is 2.03. The van der Waals surface area contributed by atoms with Crippen molar-refractivity contribution in [3.05, 3.63) is 17.5 Å². The monoisotopic (exact) mass is 260 g/mol. The van der Waals surface area contributed by atoms with Crippen LogP contribution in [0.2, 0.25) is 0 Å². The first-order valence-electron chi connectivity index (χ1n) is 7.14. The van der Waals surface area contributed by atoms with E-state index in [1.807, 2.05) is 17.9 Å². The van der Waals surface area contributed by atoms with Crippen molar-refractivity contribution in [1.29, 1.82) is 5.26 Å². The van der Waals surface area contributed by atoms with E-state index >= 15 is 0 Å². The highest BCUT2D eigenvalue weighted by Crippen LogP contribution is 2.30. The molecule has 0 aliphatic heterocycles. The first-order valence-corrected chi connectivity index (χ1v) is 7.14. The zero-order valence-electron chi connectivity index (χ0n) is 12.2. The maximum Gasteiger partial charge on any atom is 0.0621 e. The van der Waals surface area contributed by atoms with Crippen molar-refractivity contribution in [2.45, 2.75) is 52.0 Å². The molecule has 4 nitrogen and oxygen atoms in total. The van der Waals surface area contributed by atoms with Gasteiger partial charge in [-0.15, -0.1) is 0 Å². The van der Waals surface area contributed by atoms with Crippen LogP contribution < -0.4 is 5.32 Å². The first-order chi connectivity index (χ1) is 9.03. The lowest BCUT2D eigenvalue weighted by molar-refractivity contribution is 0.291. The summed E-state index contributed by atoms with van der Waals surface area (Å²) in [5.74, 6) is 0. The van der Waals surface area contributed by atoms with Crippen molar-refractivity contribution < 1.29 is 0 Å². The molecule has 0 radical (unpaired) electrons. The summed E-state index contributed by atoms with van der Waals surface area (Å²) in [6.07, 6.45) is 7.15. The summed E-state index contributed by atoms with van der Waals surface area (Å²) in [6.45, 7) is 5.41. The highest BCUT2D eigenvalue weighted by molar-refractivity contribution is 5.24. The Kier molecular flexibility index (Phi) is 4.26. The predicted octanol–water partition coefficient (Wildman–Crippen LogP) is 2.72. The minimum absolute atomic E-state index is 0.176. The third-order valence-electron chi connectivity index (χ3n) is 4.12. The van der Waals surface area contributed by atoms with Crippen LogP contribution >= 0.6 is 0 Å². The number of aryl methyl sites for hydroxylation is 1. The summed E-state index contributed by atoms with van der Waals surface area (Å²) in [5.41, 5.74) is 2.92. The zero-order valence-corrected chi connectivity index (χ0v) is 12.2. The second kappa shape index (κ2) is 5.75. The van der Waals surface area contributed by atoms with Crippen molar-refractivity contribution in [2.24, 2.45) is 12.5 Å². The van der Waals surface area contributed by atoms with Gasteiger partial charge in [0.1, 0.15) is 0 Å². The van der Waals surface area contributed by atoms with E-state index in [-0.39, 0.29) is 5.41 Å². The van der Waals surface area contributed by atoms with E-state index in [9.17, 15) is 0 Å². The maximum atomic E-state index is 8.70. The van der Waals surface area contributed by atoms with Crippen molar-refractivity contribution in [2.75, 3.05) is 6.54 Å². The molecule has 1 aromatic rings. The van der Waals surface area contributed by atoms with Crippen molar-refractivity contribution in [3.63, 3.8) is 0 Å². The second-order valence-corrected chi connectivity index (χ2v) is 6.32. The molecule has 4 heteroatoms. The molecule has 2 rings (SSSR count). The molecule has 1 atom stereocenters. The molecule has 104 valence electrons. The van der Waals surface area contributed by atoms with Crippen LogP contribution in [0.4, 0.5) is 0 Å². The van der Waals surface area contributed by atoms with Crippen LogP contribution in [-0.4, -0.2) is 16.3 Å². The fraction of sp³-hybridized carbons (Fsp3) is 0.733. The minimum atomic E-state index is 0.176. The molecule has 1 aliphatic rings. The Hall–Kier alpha value is -1.34. The van der Waals surface area contributed by atoms with Gasteiger partial charge in [0.05, 0.1) is 12.3 Å². The van der Waals surface area contributed by atoms with Gasteiger partial charge in [-0.2, -0.15) is 10.4 Å². The Morgan fingerprint density at radius 3 is 3.11 bits per heavy atom. The van der Waals surface area contributed by atoms with Gasteiger partial charge in [-0.3, -0.25) is 4.68 Å². The van der Waals surface area contributed by atoms with Crippen molar-refractivity contribution >= 4 is 0 Å². The largest absolute Gasteiger partial charge is 0.309 e. The number of nitriles is 1. The number of fused-ring (bicyclic) bond motifs is 1. The summed E-state index contributed by atoms with van der Waals surface area (Å²) in [6, 6.07) is 2.67. The van der Waals surface area contributed by atoms with E-state index < -0.39 is 0 Å². The van der Waals surface area contributed by atoms with Gasteiger partial charge in [0, 0.05) is 37.3 Å². The van der Waals surface area contributed by atoms with Crippen LogP contribution in [0, 0.1) is 16.7 Å². The van der Waals surface area contributed by atoms with Gasteiger partial charge in [-0.05, 0) is 31.1 Å². The normalized spacial score (nSPS) is 18.9. The molecule has 0 aromatic carbocycles. The second-order valence-electron chi connectivity index (χ2n) is 6.32. The van der Waals surface area contributed by atoms with Crippen LogP contribution in [0.5, 0.6) is 0 Å². The van der Waals surface area contributed by atoms with E-state index in [1.165, 1.54) is 24.1 Å². The number of hydrogen-bond acceptors (Lipinski definition) is 3. The number of nitrogens with zero attached hydrogens (tertiary/aromatic N) is 3. The molecule has 0 amide bonds. The standard InChI is InChI=1S/C15H24N4/c1-15(2,8-5-9-16)11-17-13-6-4-7-14-12(13)10-18-19(14)3/h10,13,17H,4-8,11H2,1-3H3. The van der Waals surface area contributed by atoms with Gasteiger partial charge < -0.3 is 5.32 Å². The van der Waals surface area contributed by atoms with E-state index in [1.54, 1.807) is 0 Å². The minimum Gasteiger partial charge on any atom is -0.309 e. The lowest BCUT2D eigenvalue weighted by atomic mass is 9.86. The Bertz CT molecular complexity index is 467. The quantitative estimate of drug-likeness (QED) is 0.885. The highest BCUT2D eigenvalue weighted by Gasteiger charge is 2.25. The van der Waals surface area contributed by atoms with Gasteiger partial charge in [0.25, 0.3) is 0 Å². The van der Waals surface area contributed by atoms with Gasteiger partial charge in [0.15, 0.2) is 0 Å². The summed E-state index contributed by atoms with van der Waals surface area (Å²) in [5, 5.41) is 16.8. The van der Waals surface area contributed by atoms with Gasteiger partial charge in [0.2, 0.25) is 0 Å². The Balaban J connectivity index is 1.96. The Morgan fingerprint density at radius 2 is 2.37 bits per heavy atom. The van der Waals surface area contributed by atoms with E-state index in [0.29, 0.717) is 12.5 Å². The summed E-state index contributed by atoms with van der Waals surface area (Å²) >= 11 is 0. The SMILES string of the molecule is Cn1ncc2c1CCCC2NCC(C)(C)CCC#N. The Labute approximate surface area is 115 Å². The highest BCUT2D eigenvalue weighted by atomic mass is 15.3. The molecule has 0 spiro atoms. The molecular formula is C15H24N4. The zero-order chi connectivity index (χ0) is 13.9. The third-order valence-corrected chi connectivity index (χ3v) is 4.12. The van der Waals surface area contributed by atoms with Crippen LogP contribution in [0.3, 0.4) is 0 Å². The van der Waals surface area contributed by atoms with E-state index in [4.69, 9.17) is 5.26 Å². The first kappa shape index (κ1) is 14.1. The molecule has 0 saturated heterocycles. The van der Waals surface area contributed by atoms with Gasteiger partial charge >= 0.3 is 0 Å². The molecule has 1 N–H and O–H groups in total. The van der Waals surface area contributed by atoms with Crippen LogP contribution in [-0.2, 0) is 13.5 Å². The van der Waals surface area contributed by atoms with Crippen LogP contribution in [0.1, 0.15) is 56.8 Å². The van der Waals surface area contributed by atoms with Gasteiger partial charge in [-0.1, -0.05) is 13.8 Å². The fourth-order valence-electron chi connectivity index (χ4n) is 2.80. The number of nitrogens with one attached hydrogen (secondary N) is 1. The fourth-order valence-corrected chi connectivity index (χ4v) is 2.80. The third kappa shape index (κ3) is 3.36. The lowest BCUT2D eigenvalue weighted by Crippen LogP contribution is -2.34. The summed E-state index contributed by atoms with van der Waals surface area (Å²) in [4.78, 5) is 0. The number of aromatic nitrogens is 2. The molecule has 0 bridgehead atoms. The average Bonchev–Trinajstić information content (AvgIpc) is 2.77. The molecule has 0 fully saturated rings. The van der Waals surface area contributed by atoms with Gasteiger partial charge in [-0.25, -0.2) is 0 Å².